The zero-order valence-electron chi connectivity index (χ0n) is 10.5. The number of para-hydroxylation sites is 1. The minimum Gasteiger partial charge on any atom is -0.322 e. The number of amides is 1. The van der Waals surface area contributed by atoms with Crippen LogP contribution < -0.4 is 5.32 Å². The number of benzene rings is 1. The Bertz CT molecular complexity index is 621. The molecule has 0 radical (unpaired) electrons. The van der Waals surface area contributed by atoms with Gasteiger partial charge in [-0.3, -0.25) is 9.78 Å². The summed E-state index contributed by atoms with van der Waals surface area (Å²) in [5.41, 5.74) is 0.518. The first kappa shape index (κ1) is 14.0. The second kappa shape index (κ2) is 5.32. The molecule has 2 rings (SSSR count). The molecule has 0 atom stereocenters. The first-order chi connectivity index (χ1) is 9.38. The normalized spacial score (nSPS) is 11.2. The van der Waals surface area contributed by atoms with Crippen LogP contribution in [0.5, 0.6) is 0 Å². The van der Waals surface area contributed by atoms with Gasteiger partial charge in [-0.05, 0) is 30.7 Å². The third kappa shape index (κ3) is 3.14. The van der Waals surface area contributed by atoms with Gasteiger partial charge in [0.2, 0.25) is 0 Å². The number of pyridine rings is 1. The van der Waals surface area contributed by atoms with Crippen LogP contribution in [-0.4, -0.2) is 10.9 Å². The lowest BCUT2D eigenvalue weighted by Crippen LogP contribution is -2.14. The number of anilines is 1. The molecule has 3 nitrogen and oxygen atoms in total. The maximum absolute atomic E-state index is 12.4. The van der Waals surface area contributed by atoms with E-state index in [2.05, 4.69) is 10.3 Å². The molecule has 0 unspecified atom stereocenters. The number of halogens is 3. The van der Waals surface area contributed by atoms with Crippen molar-refractivity contribution >= 4 is 11.6 Å². The Morgan fingerprint density at radius 1 is 1.15 bits per heavy atom. The molecule has 0 saturated carbocycles. The fourth-order valence-corrected chi connectivity index (χ4v) is 1.60. The molecule has 0 aliphatic rings. The topological polar surface area (TPSA) is 42.0 Å². The first-order valence-corrected chi connectivity index (χ1v) is 5.78. The Kier molecular flexibility index (Phi) is 3.74. The minimum atomic E-state index is -4.51. The van der Waals surface area contributed by atoms with Gasteiger partial charge in [0.05, 0.1) is 5.56 Å². The highest BCUT2D eigenvalue weighted by molar-refractivity contribution is 6.04. The number of rotatable bonds is 2. The standard InChI is InChI=1S/C14H11F3N2O/c1-9-4-2-3-5-11(9)19-13(20)10-6-7-12(18-8-10)14(15,16)17/h2-8H,1H3,(H,19,20). The van der Waals surface area contributed by atoms with Crippen molar-refractivity contribution in [2.45, 2.75) is 13.1 Å². The molecule has 0 bridgehead atoms. The molecule has 0 spiro atoms. The summed E-state index contributed by atoms with van der Waals surface area (Å²) in [6.07, 6.45) is -3.60. The number of aryl methyl sites for hydroxylation is 1. The molecule has 104 valence electrons. The second-order valence-corrected chi connectivity index (χ2v) is 4.20. The van der Waals surface area contributed by atoms with Crippen LogP contribution in [0.15, 0.2) is 42.6 Å². The highest BCUT2D eigenvalue weighted by Crippen LogP contribution is 2.27. The van der Waals surface area contributed by atoms with E-state index in [9.17, 15) is 18.0 Å². The van der Waals surface area contributed by atoms with Crippen molar-refractivity contribution < 1.29 is 18.0 Å². The first-order valence-electron chi connectivity index (χ1n) is 5.78. The zero-order valence-corrected chi connectivity index (χ0v) is 10.5. The summed E-state index contributed by atoms with van der Waals surface area (Å²) in [5.74, 6) is -0.500. The van der Waals surface area contributed by atoms with Crippen LogP contribution in [0.1, 0.15) is 21.6 Å². The van der Waals surface area contributed by atoms with Crippen LogP contribution >= 0.6 is 0 Å². The van der Waals surface area contributed by atoms with Crippen LogP contribution in [0, 0.1) is 6.92 Å². The lowest BCUT2D eigenvalue weighted by atomic mass is 10.2. The van der Waals surface area contributed by atoms with Crippen LogP contribution in [-0.2, 0) is 6.18 Å². The number of nitrogens with one attached hydrogen (secondary N) is 1. The SMILES string of the molecule is Cc1ccccc1NC(=O)c1ccc(C(F)(F)F)nc1. The van der Waals surface area contributed by atoms with E-state index in [1.165, 1.54) is 0 Å². The van der Waals surface area contributed by atoms with Gasteiger partial charge in [0.1, 0.15) is 5.69 Å². The van der Waals surface area contributed by atoms with Crippen molar-refractivity contribution in [1.82, 2.24) is 4.98 Å². The molecule has 1 aromatic carbocycles. The molecule has 0 aliphatic carbocycles. The van der Waals surface area contributed by atoms with Crippen molar-refractivity contribution in [3.63, 3.8) is 0 Å². The molecular weight excluding hydrogens is 269 g/mol. The van der Waals surface area contributed by atoms with Crippen molar-refractivity contribution in [2.75, 3.05) is 5.32 Å². The summed E-state index contributed by atoms with van der Waals surface area (Å²) in [5, 5.41) is 2.62. The third-order valence-electron chi connectivity index (χ3n) is 2.71. The lowest BCUT2D eigenvalue weighted by molar-refractivity contribution is -0.141. The number of hydrogen-bond donors (Lipinski definition) is 1. The van der Waals surface area contributed by atoms with Gasteiger partial charge in [-0.25, -0.2) is 0 Å². The van der Waals surface area contributed by atoms with E-state index in [-0.39, 0.29) is 5.56 Å². The van der Waals surface area contributed by atoms with E-state index in [1.54, 1.807) is 12.1 Å². The molecular formula is C14H11F3N2O. The average molecular weight is 280 g/mol. The molecule has 2 aromatic rings. The average Bonchev–Trinajstić information content (AvgIpc) is 2.40. The number of aromatic nitrogens is 1. The molecule has 0 aliphatic heterocycles. The molecule has 0 saturated heterocycles. The summed E-state index contributed by atoms with van der Waals surface area (Å²) in [6, 6.07) is 9.00. The van der Waals surface area contributed by atoms with Gasteiger partial charge >= 0.3 is 6.18 Å². The van der Waals surface area contributed by atoms with Gasteiger partial charge < -0.3 is 5.32 Å². The van der Waals surface area contributed by atoms with E-state index in [0.29, 0.717) is 5.69 Å². The predicted octanol–water partition coefficient (Wildman–Crippen LogP) is 3.66. The summed E-state index contributed by atoms with van der Waals surface area (Å²) in [6.45, 7) is 1.82. The lowest BCUT2D eigenvalue weighted by Gasteiger charge is -2.09. The Balaban J connectivity index is 2.16. The number of carbonyl (C=O) groups excluding carboxylic acids is 1. The maximum atomic E-state index is 12.4. The monoisotopic (exact) mass is 280 g/mol. The van der Waals surface area contributed by atoms with E-state index in [1.807, 2.05) is 19.1 Å². The van der Waals surface area contributed by atoms with Gasteiger partial charge in [-0.1, -0.05) is 18.2 Å². The molecule has 1 amide bonds. The van der Waals surface area contributed by atoms with Gasteiger partial charge in [-0.2, -0.15) is 13.2 Å². The summed E-state index contributed by atoms with van der Waals surface area (Å²) >= 11 is 0. The fraction of sp³-hybridized carbons (Fsp3) is 0.143. The minimum absolute atomic E-state index is 0.0706. The Morgan fingerprint density at radius 3 is 2.40 bits per heavy atom. The van der Waals surface area contributed by atoms with Crippen molar-refractivity contribution in [2.24, 2.45) is 0 Å². The summed E-state index contributed by atoms with van der Waals surface area (Å²) < 4.78 is 37.1. The van der Waals surface area contributed by atoms with Crippen LogP contribution in [0.2, 0.25) is 0 Å². The van der Waals surface area contributed by atoms with E-state index >= 15 is 0 Å². The zero-order chi connectivity index (χ0) is 14.8. The highest BCUT2D eigenvalue weighted by Gasteiger charge is 2.32. The Hall–Kier alpha value is -2.37. The van der Waals surface area contributed by atoms with Gasteiger partial charge in [-0.15, -0.1) is 0 Å². The number of hydrogen-bond acceptors (Lipinski definition) is 2. The van der Waals surface area contributed by atoms with Crippen molar-refractivity contribution in [3.8, 4) is 0 Å². The smallest absolute Gasteiger partial charge is 0.322 e. The molecule has 1 heterocycles. The van der Waals surface area contributed by atoms with Crippen LogP contribution in [0.4, 0.5) is 18.9 Å². The Morgan fingerprint density at radius 2 is 1.85 bits per heavy atom. The largest absolute Gasteiger partial charge is 0.433 e. The molecule has 6 heteroatoms. The fourth-order valence-electron chi connectivity index (χ4n) is 1.60. The van der Waals surface area contributed by atoms with E-state index < -0.39 is 17.8 Å². The molecule has 1 N–H and O–H groups in total. The number of alkyl halides is 3. The van der Waals surface area contributed by atoms with Crippen molar-refractivity contribution in [1.29, 1.82) is 0 Å². The van der Waals surface area contributed by atoms with Gasteiger partial charge in [0, 0.05) is 11.9 Å². The third-order valence-corrected chi connectivity index (χ3v) is 2.71. The van der Waals surface area contributed by atoms with Crippen molar-refractivity contribution in [3.05, 3.63) is 59.4 Å². The van der Waals surface area contributed by atoms with Gasteiger partial charge in [0.25, 0.3) is 5.91 Å². The number of carbonyl (C=O) groups is 1. The number of nitrogens with zero attached hydrogens (tertiary/aromatic N) is 1. The quantitative estimate of drug-likeness (QED) is 0.912. The second-order valence-electron chi connectivity index (χ2n) is 4.20. The van der Waals surface area contributed by atoms with Gasteiger partial charge in [0.15, 0.2) is 0 Å². The summed E-state index contributed by atoms with van der Waals surface area (Å²) in [4.78, 5) is 15.1. The highest BCUT2D eigenvalue weighted by atomic mass is 19.4. The molecule has 20 heavy (non-hydrogen) atoms. The Labute approximate surface area is 113 Å². The predicted molar refractivity (Wildman–Crippen MR) is 68.4 cm³/mol. The maximum Gasteiger partial charge on any atom is 0.433 e. The van der Waals surface area contributed by atoms with E-state index in [0.717, 1.165) is 23.9 Å². The molecule has 0 fully saturated rings. The van der Waals surface area contributed by atoms with Crippen LogP contribution in [0.3, 0.4) is 0 Å². The molecule has 1 aromatic heterocycles. The summed E-state index contributed by atoms with van der Waals surface area (Å²) in [7, 11) is 0. The van der Waals surface area contributed by atoms with Crippen LogP contribution in [0.25, 0.3) is 0 Å². The van der Waals surface area contributed by atoms with E-state index in [4.69, 9.17) is 0 Å².